The molecule has 1 aromatic carbocycles. The lowest BCUT2D eigenvalue weighted by molar-refractivity contribution is 0.384. The molecule has 0 heterocycles. The van der Waals surface area contributed by atoms with Gasteiger partial charge in [0.25, 0.3) is 0 Å². The summed E-state index contributed by atoms with van der Waals surface area (Å²) in [5, 5.41) is 3.39. The van der Waals surface area contributed by atoms with Crippen LogP contribution in [-0.4, -0.2) is 6.04 Å². The summed E-state index contributed by atoms with van der Waals surface area (Å²) in [7, 11) is 0. The number of hydrogen-bond acceptors (Lipinski definition) is 1. The topological polar surface area (TPSA) is 12.0 Å². The Morgan fingerprint density at radius 2 is 2.06 bits per heavy atom. The van der Waals surface area contributed by atoms with E-state index in [-0.39, 0.29) is 5.82 Å². The van der Waals surface area contributed by atoms with Gasteiger partial charge in [-0.1, -0.05) is 36.7 Å². The van der Waals surface area contributed by atoms with Gasteiger partial charge < -0.3 is 5.32 Å². The zero-order valence-corrected chi connectivity index (χ0v) is 11.6. The second kappa shape index (κ2) is 6.36. The van der Waals surface area contributed by atoms with Crippen molar-refractivity contribution < 1.29 is 4.39 Å². The standard InChI is InChI=1S/C13H19BrFN/c1-4-13(9(2)3)16-8-10-7-11(14)5-6-12(10)15/h5-7,9,13,16H,4,8H2,1-3H3. The molecule has 0 aliphatic rings. The van der Waals surface area contributed by atoms with E-state index < -0.39 is 0 Å². The third kappa shape index (κ3) is 3.87. The average molecular weight is 288 g/mol. The normalized spacial score (nSPS) is 13.1. The molecule has 1 rings (SSSR count). The minimum absolute atomic E-state index is 0.144. The van der Waals surface area contributed by atoms with Crippen molar-refractivity contribution in [2.45, 2.75) is 39.8 Å². The van der Waals surface area contributed by atoms with Crippen LogP contribution in [0.3, 0.4) is 0 Å². The smallest absolute Gasteiger partial charge is 0.127 e. The Bertz CT molecular complexity index is 339. The van der Waals surface area contributed by atoms with Crippen molar-refractivity contribution in [1.29, 1.82) is 0 Å². The van der Waals surface area contributed by atoms with Crippen molar-refractivity contribution in [3.63, 3.8) is 0 Å². The number of rotatable bonds is 5. The highest BCUT2D eigenvalue weighted by molar-refractivity contribution is 9.10. The fraction of sp³-hybridized carbons (Fsp3) is 0.538. The largest absolute Gasteiger partial charge is 0.310 e. The Morgan fingerprint density at radius 3 is 2.62 bits per heavy atom. The fourth-order valence-electron chi connectivity index (χ4n) is 1.77. The molecule has 1 N–H and O–H groups in total. The van der Waals surface area contributed by atoms with Crippen molar-refractivity contribution in [3.05, 3.63) is 34.1 Å². The molecule has 1 nitrogen and oxygen atoms in total. The van der Waals surface area contributed by atoms with Crippen LogP contribution >= 0.6 is 15.9 Å². The Balaban J connectivity index is 2.63. The zero-order chi connectivity index (χ0) is 12.1. The van der Waals surface area contributed by atoms with Crippen LogP contribution in [0.1, 0.15) is 32.8 Å². The molecule has 3 heteroatoms. The van der Waals surface area contributed by atoms with E-state index in [4.69, 9.17) is 0 Å². The third-order valence-electron chi connectivity index (χ3n) is 2.81. The van der Waals surface area contributed by atoms with Gasteiger partial charge >= 0.3 is 0 Å². The molecule has 0 saturated heterocycles. The number of nitrogens with one attached hydrogen (secondary N) is 1. The van der Waals surface area contributed by atoms with Gasteiger partial charge in [0.05, 0.1) is 0 Å². The molecule has 0 aliphatic heterocycles. The monoisotopic (exact) mass is 287 g/mol. The van der Waals surface area contributed by atoms with E-state index in [2.05, 4.69) is 42.0 Å². The van der Waals surface area contributed by atoms with Gasteiger partial charge in [-0.05, 0) is 30.5 Å². The predicted molar refractivity (Wildman–Crippen MR) is 69.9 cm³/mol. The van der Waals surface area contributed by atoms with E-state index in [9.17, 15) is 4.39 Å². The Morgan fingerprint density at radius 1 is 1.38 bits per heavy atom. The van der Waals surface area contributed by atoms with Crippen molar-refractivity contribution in [3.8, 4) is 0 Å². The first kappa shape index (κ1) is 13.7. The number of benzene rings is 1. The van der Waals surface area contributed by atoms with Crippen LogP contribution in [0.25, 0.3) is 0 Å². The van der Waals surface area contributed by atoms with Crippen molar-refractivity contribution in [2.75, 3.05) is 0 Å². The molecular formula is C13H19BrFN. The van der Waals surface area contributed by atoms with Crippen LogP contribution in [0.4, 0.5) is 4.39 Å². The summed E-state index contributed by atoms with van der Waals surface area (Å²) < 4.78 is 14.4. The maximum atomic E-state index is 13.5. The molecule has 1 atom stereocenters. The number of hydrogen-bond donors (Lipinski definition) is 1. The maximum Gasteiger partial charge on any atom is 0.127 e. The lowest BCUT2D eigenvalue weighted by Crippen LogP contribution is -2.32. The summed E-state index contributed by atoms with van der Waals surface area (Å²) in [5.41, 5.74) is 0.716. The van der Waals surface area contributed by atoms with Gasteiger partial charge in [-0.3, -0.25) is 0 Å². The first-order valence-corrected chi connectivity index (χ1v) is 6.51. The van der Waals surface area contributed by atoms with Crippen LogP contribution in [0.15, 0.2) is 22.7 Å². The first-order valence-electron chi connectivity index (χ1n) is 5.72. The minimum Gasteiger partial charge on any atom is -0.310 e. The molecule has 0 spiro atoms. The van der Waals surface area contributed by atoms with Gasteiger partial charge in [-0.25, -0.2) is 4.39 Å². The van der Waals surface area contributed by atoms with Gasteiger partial charge in [-0.15, -0.1) is 0 Å². The van der Waals surface area contributed by atoms with Crippen molar-refractivity contribution in [1.82, 2.24) is 5.32 Å². The molecule has 16 heavy (non-hydrogen) atoms. The molecular weight excluding hydrogens is 269 g/mol. The van der Waals surface area contributed by atoms with Gasteiger partial charge in [0.1, 0.15) is 5.82 Å². The van der Waals surface area contributed by atoms with Crippen LogP contribution in [0.2, 0.25) is 0 Å². The summed E-state index contributed by atoms with van der Waals surface area (Å²) in [5.74, 6) is 0.425. The van der Waals surface area contributed by atoms with Gasteiger partial charge in [0.2, 0.25) is 0 Å². The van der Waals surface area contributed by atoms with Crippen molar-refractivity contribution >= 4 is 15.9 Å². The van der Waals surface area contributed by atoms with E-state index in [0.717, 1.165) is 10.9 Å². The van der Waals surface area contributed by atoms with Crippen LogP contribution in [-0.2, 0) is 6.54 Å². The highest BCUT2D eigenvalue weighted by atomic mass is 79.9. The Hall–Kier alpha value is -0.410. The molecule has 1 unspecified atom stereocenters. The SMILES string of the molecule is CCC(NCc1cc(Br)ccc1F)C(C)C. The molecule has 0 aromatic heterocycles. The molecule has 0 radical (unpaired) electrons. The van der Waals surface area contributed by atoms with E-state index >= 15 is 0 Å². The van der Waals surface area contributed by atoms with Crippen LogP contribution in [0.5, 0.6) is 0 Å². The summed E-state index contributed by atoms with van der Waals surface area (Å²) >= 11 is 3.35. The second-order valence-corrected chi connectivity index (χ2v) is 5.29. The second-order valence-electron chi connectivity index (χ2n) is 4.38. The van der Waals surface area contributed by atoms with Gasteiger partial charge in [0.15, 0.2) is 0 Å². The summed E-state index contributed by atoms with van der Waals surface area (Å²) in [6, 6.07) is 5.49. The van der Waals surface area contributed by atoms with Gasteiger partial charge in [0, 0.05) is 22.6 Å². The van der Waals surface area contributed by atoms with Crippen LogP contribution in [0, 0.1) is 11.7 Å². The Kier molecular flexibility index (Phi) is 5.42. The molecule has 90 valence electrons. The zero-order valence-electron chi connectivity index (χ0n) is 10.1. The summed E-state index contributed by atoms with van der Waals surface area (Å²) in [6.07, 6.45) is 1.06. The lowest BCUT2D eigenvalue weighted by atomic mass is 10.0. The molecule has 1 aromatic rings. The van der Waals surface area contributed by atoms with Gasteiger partial charge in [-0.2, -0.15) is 0 Å². The van der Waals surface area contributed by atoms with E-state index in [1.165, 1.54) is 6.07 Å². The van der Waals surface area contributed by atoms with E-state index in [0.29, 0.717) is 24.1 Å². The number of halogens is 2. The van der Waals surface area contributed by atoms with Crippen molar-refractivity contribution in [2.24, 2.45) is 5.92 Å². The lowest BCUT2D eigenvalue weighted by Gasteiger charge is -2.21. The average Bonchev–Trinajstić information content (AvgIpc) is 2.23. The summed E-state index contributed by atoms with van der Waals surface area (Å²) in [4.78, 5) is 0. The molecule has 0 bridgehead atoms. The van der Waals surface area contributed by atoms with E-state index in [1.807, 2.05) is 6.07 Å². The first-order chi connectivity index (χ1) is 7.54. The highest BCUT2D eigenvalue weighted by Gasteiger charge is 2.11. The summed E-state index contributed by atoms with van der Waals surface area (Å²) in [6.45, 7) is 7.09. The molecule has 0 amide bonds. The minimum atomic E-state index is -0.144. The molecule has 0 saturated carbocycles. The quantitative estimate of drug-likeness (QED) is 0.859. The van der Waals surface area contributed by atoms with E-state index in [1.54, 1.807) is 6.07 Å². The fourth-order valence-corrected chi connectivity index (χ4v) is 2.18. The third-order valence-corrected chi connectivity index (χ3v) is 3.30. The van der Waals surface area contributed by atoms with Crippen LogP contribution < -0.4 is 5.32 Å². The Labute approximate surface area is 106 Å². The highest BCUT2D eigenvalue weighted by Crippen LogP contribution is 2.16. The maximum absolute atomic E-state index is 13.5. The predicted octanol–water partition coefficient (Wildman–Crippen LogP) is 4.11. The molecule has 0 fully saturated rings. The molecule has 0 aliphatic carbocycles.